The lowest BCUT2D eigenvalue weighted by Crippen LogP contribution is -2.35. The third kappa shape index (κ3) is 4.49. The molecule has 2 N–H and O–H groups in total. The lowest BCUT2D eigenvalue weighted by molar-refractivity contribution is 0.418. The summed E-state index contributed by atoms with van der Waals surface area (Å²) in [4.78, 5) is 3.99. The van der Waals surface area contributed by atoms with Crippen molar-refractivity contribution < 1.29 is 8.78 Å². The number of nitrogens with one attached hydrogen (secondary N) is 2. The topological polar surface area (TPSA) is 37.0 Å². The number of halogens is 2. The van der Waals surface area contributed by atoms with E-state index in [1.807, 2.05) is 20.8 Å². The molecule has 0 aliphatic rings. The maximum atomic E-state index is 14.4. The van der Waals surface area contributed by atoms with Gasteiger partial charge in [0.2, 0.25) is 0 Å². The summed E-state index contributed by atoms with van der Waals surface area (Å²) in [6.45, 7) is 6.47. The van der Waals surface area contributed by atoms with Crippen LogP contribution in [0, 0.1) is 11.6 Å². The summed E-state index contributed by atoms with van der Waals surface area (Å²) >= 11 is 0. The Morgan fingerprint density at radius 3 is 2.33 bits per heavy atom. The molecule has 21 heavy (non-hydrogen) atoms. The van der Waals surface area contributed by atoms with Crippen LogP contribution in [-0.2, 0) is 6.54 Å². The van der Waals surface area contributed by atoms with Gasteiger partial charge in [-0.25, -0.2) is 13.8 Å². The fraction of sp³-hybridized carbons (Fsp3) is 0.312. The van der Waals surface area contributed by atoms with E-state index in [4.69, 9.17) is 0 Å². The summed E-state index contributed by atoms with van der Waals surface area (Å²) in [6.07, 6.45) is 1.55. The number of pyridine rings is 1. The second kappa shape index (κ2) is 6.18. The van der Waals surface area contributed by atoms with E-state index in [2.05, 4.69) is 15.6 Å². The van der Waals surface area contributed by atoms with Crippen LogP contribution < -0.4 is 10.6 Å². The number of nitrogens with zero attached hydrogens (tertiary/aromatic N) is 1. The molecule has 1 heterocycles. The molecule has 0 aliphatic heterocycles. The van der Waals surface area contributed by atoms with E-state index in [-0.39, 0.29) is 17.2 Å². The summed E-state index contributed by atoms with van der Waals surface area (Å²) in [5.74, 6) is -0.606. The minimum absolute atomic E-state index is 0.0970. The molecule has 1 aromatic carbocycles. The van der Waals surface area contributed by atoms with Gasteiger partial charge in [0.1, 0.15) is 5.82 Å². The molecule has 0 saturated heterocycles. The van der Waals surface area contributed by atoms with Gasteiger partial charge in [-0.2, -0.15) is 0 Å². The second-order valence-corrected chi connectivity index (χ2v) is 5.87. The van der Waals surface area contributed by atoms with E-state index >= 15 is 0 Å². The highest BCUT2D eigenvalue weighted by Crippen LogP contribution is 2.20. The molecule has 0 radical (unpaired) electrons. The molecule has 0 spiro atoms. The van der Waals surface area contributed by atoms with E-state index in [1.54, 1.807) is 12.3 Å². The molecule has 0 saturated carbocycles. The third-order valence-corrected chi connectivity index (χ3v) is 2.89. The predicted molar refractivity (Wildman–Crippen MR) is 80.5 cm³/mol. The molecule has 1 aromatic heterocycles. The number of hydrogen-bond acceptors (Lipinski definition) is 3. The van der Waals surface area contributed by atoms with Crippen LogP contribution in [0.25, 0.3) is 0 Å². The normalized spacial score (nSPS) is 11.5. The lowest BCUT2D eigenvalue weighted by atomic mass is 10.1. The molecule has 2 aromatic rings. The average molecular weight is 291 g/mol. The first kappa shape index (κ1) is 15.4. The summed E-state index contributed by atoms with van der Waals surface area (Å²) in [5.41, 5.74) is 1.02. The molecular weight excluding hydrogens is 272 g/mol. The predicted octanol–water partition coefficient (Wildman–Crippen LogP) is 3.99. The number of rotatable bonds is 4. The van der Waals surface area contributed by atoms with Gasteiger partial charge in [-0.15, -0.1) is 0 Å². The van der Waals surface area contributed by atoms with Crippen molar-refractivity contribution in [3.05, 3.63) is 53.7 Å². The van der Waals surface area contributed by atoms with Gasteiger partial charge >= 0.3 is 0 Å². The van der Waals surface area contributed by atoms with Gasteiger partial charge in [-0.1, -0.05) is 0 Å². The minimum Gasteiger partial charge on any atom is -0.338 e. The minimum atomic E-state index is -0.404. The molecule has 5 heteroatoms. The third-order valence-electron chi connectivity index (χ3n) is 2.89. The van der Waals surface area contributed by atoms with Gasteiger partial charge in [0.05, 0.1) is 0 Å². The van der Waals surface area contributed by atoms with Crippen molar-refractivity contribution in [2.75, 3.05) is 5.32 Å². The number of benzene rings is 1. The maximum Gasteiger partial charge on any atom is 0.170 e. The van der Waals surface area contributed by atoms with Crippen LogP contribution in [0.3, 0.4) is 0 Å². The first-order valence-electron chi connectivity index (χ1n) is 6.76. The highest BCUT2D eigenvalue weighted by Gasteiger charge is 2.13. The SMILES string of the molecule is CC(C)(C)NCc1ccnc(Nc2ccc(F)cc2)c1F. The van der Waals surface area contributed by atoms with Gasteiger partial charge in [0.25, 0.3) is 0 Å². The zero-order valence-electron chi connectivity index (χ0n) is 12.4. The van der Waals surface area contributed by atoms with E-state index in [0.717, 1.165) is 0 Å². The van der Waals surface area contributed by atoms with Crippen LogP contribution in [0.15, 0.2) is 36.5 Å². The molecule has 2 rings (SSSR count). The molecular formula is C16H19F2N3. The van der Waals surface area contributed by atoms with Crippen LogP contribution in [0.2, 0.25) is 0 Å². The standard InChI is InChI=1S/C16H19F2N3/c1-16(2,3)20-10-11-8-9-19-15(14(11)18)21-13-6-4-12(17)5-7-13/h4-9,20H,10H2,1-3H3,(H,19,21). The average Bonchev–Trinajstić information content (AvgIpc) is 2.41. The van der Waals surface area contributed by atoms with Gasteiger partial charge in [0, 0.05) is 29.5 Å². The van der Waals surface area contributed by atoms with Gasteiger partial charge in [-0.3, -0.25) is 0 Å². The summed E-state index contributed by atoms with van der Waals surface area (Å²) in [7, 11) is 0. The van der Waals surface area contributed by atoms with Crippen molar-refractivity contribution in [1.82, 2.24) is 10.3 Å². The fourth-order valence-corrected chi connectivity index (χ4v) is 1.74. The summed E-state index contributed by atoms with van der Waals surface area (Å²) in [5, 5.41) is 6.09. The molecule has 0 unspecified atom stereocenters. The number of aromatic nitrogens is 1. The quantitative estimate of drug-likeness (QED) is 0.894. The van der Waals surface area contributed by atoms with Crippen LogP contribution in [-0.4, -0.2) is 10.5 Å². The van der Waals surface area contributed by atoms with Crippen molar-refractivity contribution in [2.24, 2.45) is 0 Å². The van der Waals surface area contributed by atoms with Crippen LogP contribution in [0.1, 0.15) is 26.3 Å². The summed E-state index contributed by atoms with van der Waals surface area (Å²) in [6, 6.07) is 7.34. The van der Waals surface area contributed by atoms with Gasteiger partial charge < -0.3 is 10.6 Å². The first-order chi connectivity index (χ1) is 9.85. The smallest absolute Gasteiger partial charge is 0.170 e. The van der Waals surface area contributed by atoms with E-state index < -0.39 is 5.82 Å². The zero-order chi connectivity index (χ0) is 15.5. The second-order valence-electron chi connectivity index (χ2n) is 5.87. The van der Waals surface area contributed by atoms with Crippen LogP contribution >= 0.6 is 0 Å². The largest absolute Gasteiger partial charge is 0.338 e. The molecule has 0 aliphatic carbocycles. The Kier molecular flexibility index (Phi) is 4.53. The Bertz CT molecular complexity index is 604. The molecule has 0 amide bonds. The van der Waals surface area contributed by atoms with Crippen LogP contribution in [0.4, 0.5) is 20.3 Å². The fourth-order valence-electron chi connectivity index (χ4n) is 1.74. The Morgan fingerprint density at radius 2 is 1.71 bits per heavy atom. The van der Waals surface area contributed by atoms with Crippen molar-refractivity contribution in [3.8, 4) is 0 Å². The van der Waals surface area contributed by atoms with Crippen molar-refractivity contribution >= 4 is 11.5 Å². The Balaban J connectivity index is 2.15. The molecule has 0 fully saturated rings. The lowest BCUT2D eigenvalue weighted by Gasteiger charge is -2.21. The van der Waals surface area contributed by atoms with E-state index in [0.29, 0.717) is 17.8 Å². The van der Waals surface area contributed by atoms with Crippen molar-refractivity contribution in [2.45, 2.75) is 32.9 Å². The van der Waals surface area contributed by atoms with Crippen molar-refractivity contribution in [3.63, 3.8) is 0 Å². The van der Waals surface area contributed by atoms with E-state index in [9.17, 15) is 8.78 Å². The monoisotopic (exact) mass is 291 g/mol. The zero-order valence-corrected chi connectivity index (χ0v) is 12.4. The highest BCUT2D eigenvalue weighted by molar-refractivity contribution is 5.57. The first-order valence-corrected chi connectivity index (χ1v) is 6.76. The summed E-state index contributed by atoms with van der Waals surface area (Å²) < 4.78 is 27.2. The number of anilines is 2. The molecule has 0 atom stereocenters. The van der Waals surface area contributed by atoms with Gasteiger partial charge in [-0.05, 0) is 51.1 Å². The maximum absolute atomic E-state index is 14.4. The molecule has 112 valence electrons. The van der Waals surface area contributed by atoms with E-state index in [1.165, 1.54) is 24.3 Å². The highest BCUT2D eigenvalue weighted by atomic mass is 19.1. The number of hydrogen-bond donors (Lipinski definition) is 2. The van der Waals surface area contributed by atoms with Gasteiger partial charge in [0.15, 0.2) is 11.6 Å². The van der Waals surface area contributed by atoms with Crippen molar-refractivity contribution in [1.29, 1.82) is 0 Å². The molecule has 0 bridgehead atoms. The van der Waals surface area contributed by atoms with Crippen LogP contribution in [0.5, 0.6) is 0 Å². The Labute approximate surface area is 123 Å². The molecule has 3 nitrogen and oxygen atoms in total. The Morgan fingerprint density at radius 1 is 1.05 bits per heavy atom. The Hall–Kier alpha value is -2.01.